The van der Waals surface area contributed by atoms with E-state index in [0.29, 0.717) is 0 Å². The molecule has 0 radical (unpaired) electrons. The Morgan fingerprint density at radius 3 is 1.70 bits per heavy atom. The lowest BCUT2D eigenvalue weighted by Crippen LogP contribution is -2.16. The summed E-state index contributed by atoms with van der Waals surface area (Å²) in [7, 11) is 0. The van der Waals surface area contributed by atoms with Gasteiger partial charge in [0.2, 0.25) is 0 Å². The van der Waals surface area contributed by atoms with Crippen molar-refractivity contribution >= 4 is 53.9 Å². The maximum Gasteiger partial charge on any atom is 0.0698 e. The lowest BCUT2D eigenvalue weighted by atomic mass is 9.82. The molecule has 0 saturated carbocycles. The molecule has 1 N–H and O–H groups in total. The van der Waals surface area contributed by atoms with Crippen LogP contribution < -0.4 is 5.32 Å². The highest BCUT2D eigenvalue weighted by atomic mass is 14.9. The van der Waals surface area contributed by atoms with Gasteiger partial charge in [0, 0.05) is 0 Å². The molecule has 0 aliphatic carbocycles. The van der Waals surface area contributed by atoms with Gasteiger partial charge in [0.1, 0.15) is 0 Å². The molecule has 0 spiro atoms. The summed E-state index contributed by atoms with van der Waals surface area (Å²) in [5.41, 5.74) is 9.14. The van der Waals surface area contributed by atoms with Crippen LogP contribution in [0.1, 0.15) is 22.7 Å². The van der Waals surface area contributed by atoms with Crippen molar-refractivity contribution in [3.05, 3.63) is 156 Å². The minimum Gasteiger partial charge on any atom is -0.381 e. The molecule has 1 nitrogen and oxygen atoms in total. The summed E-state index contributed by atoms with van der Waals surface area (Å²) in [6, 6.07) is 43.5. The van der Waals surface area contributed by atoms with Crippen molar-refractivity contribution in [1.82, 2.24) is 5.32 Å². The second-order valence-electron chi connectivity index (χ2n) is 12.2. The first-order valence-electron chi connectivity index (χ1n) is 15.5. The summed E-state index contributed by atoms with van der Waals surface area (Å²) in [5, 5.41) is 16.6. The molecule has 1 atom stereocenters. The van der Waals surface area contributed by atoms with Crippen LogP contribution in [-0.2, 0) is 0 Å². The van der Waals surface area contributed by atoms with Crippen molar-refractivity contribution in [3.63, 3.8) is 0 Å². The molecule has 1 heterocycles. The quantitative estimate of drug-likeness (QED) is 0.167. The van der Waals surface area contributed by atoms with Crippen LogP contribution in [0.5, 0.6) is 0 Å². The SMILES string of the molecule is Cc1cc(C2C=CC=CN2)c(C)cc1-c1c2ccccc2c(-c2ccc3ccc4cccc5ccc2c3c45)c2ccccc12. The zero-order valence-electron chi connectivity index (χ0n) is 24.9. The van der Waals surface area contributed by atoms with Gasteiger partial charge in [0.05, 0.1) is 6.04 Å². The highest BCUT2D eigenvalue weighted by Gasteiger charge is 2.21. The number of fused-ring (bicyclic) bond motifs is 2. The molecule has 1 heteroatoms. The number of allylic oxidation sites excluding steroid dienone is 2. The van der Waals surface area contributed by atoms with Gasteiger partial charge in [-0.25, -0.2) is 0 Å². The molecular formula is C43H31N. The number of benzene rings is 8. The van der Waals surface area contributed by atoms with E-state index in [1.807, 2.05) is 12.3 Å². The Morgan fingerprint density at radius 1 is 0.477 bits per heavy atom. The molecule has 0 bridgehead atoms. The summed E-state index contributed by atoms with van der Waals surface area (Å²) >= 11 is 0. The number of dihydropyridines is 1. The molecular weight excluding hydrogens is 530 g/mol. The molecule has 1 unspecified atom stereocenters. The summed E-state index contributed by atoms with van der Waals surface area (Å²) < 4.78 is 0. The minimum absolute atomic E-state index is 0.193. The van der Waals surface area contributed by atoms with Crippen LogP contribution in [-0.4, -0.2) is 0 Å². The first-order chi connectivity index (χ1) is 21.7. The molecule has 9 rings (SSSR count). The van der Waals surface area contributed by atoms with Gasteiger partial charge in [-0.3, -0.25) is 0 Å². The number of rotatable bonds is 3. The zero-order valence-corrected chi connectivity index (χ0v) is 24.9. The van der Waals surface area contributed by atoms with Gasteiger partial charge < -0.3 is 5.32 Å². The van der Waals surface area contributed by atoms with Crippen LogP contribution in [0.25, 0.3) is 76.1 Å². The highest BCUT2D eigenvalue weighted by Crippen LogP contribution is 2.48. The lowest BCUT2D eigenvalue weighted by molar-refractivity contribution is 0.740. The topological polar surface area (TPSA) is 12.0 Å². The number of hydrogen-bond acceptors (Lipinski definition) is 1. The zero-order chi connectivity index (χ0) is 29.4. The van der Waals surface area contributed by atoms with Crippen molar-refractivity contribution in [2.45, 2.75) is 19.9 Å². The third-order valence-electron chi connectivity index (χ3n) is 9.73. The predicted molar refractivity (Wildman–Crippen MR) is 190 cm³/mol. The maximum atomic E-state index is 3.51. The summed E-state index contributed by atoms with van der Waals surface area (Å²) in [5.74, 6) is 0. The first-order valence-corrected chi connectivity index (χ1v) is 15.5. The van der Waals surface area contributed by atoms with E-state index in [1.165, 1.54) is 92.8 Å². The Kier molecular flexibility index (Phi) is 5.46. The Bertz CT molecular complexity index is 2420. The molecule has 0 saturated heterocycles. The van der Waals surface area contributed by atoms with E-state index in [2.05, 4.69) is 147 Å². The Labute approximate surface area is 257 Å². The van der Waals surface area contributed by atoms with Crippen LogP contribution in [0.3, 0.4) is 0 Å². The van der Waals surface area contributed by atoms with E-state index < -0.39 is 0 Å². The average Bonchev–Trinajstić information content (AvgIpc) is 3.07. The monoisotopic (exact) mass is 561 g/mol. The highest BCUT2D eigenvalue weighted by molar-refractivity contribution is 6.29. The first kappa shape index (κ1) is 25.1. The molecule has 1 aliphatic heterocycles. The maximum absolute atomic E-state index is 3.51. The molecule has 0 fully saturated rings. The fraction of sp³-hybridized carbons (Fsp3) is 0.0698. The second-order valence-corrected chi connectivity index (χ2v) is 12.2. The molecule has 8 aromatic rings. The van der Waals surface area contributed by atoms with Gasteiger partial charge in [0.15, 0.2) is 0 Å². The van der Waals surface area contributed by atoms with E-state index >= 15 is 0 Å². The van der Waals surface area contributed by atoms with Crippen LogP contribution in [0.2, 0.25) is 0 Å². The number of nitrogens with one attached hydrogen (secondary N) is 1. The van der Waals surface area contributed by atoms with Crippen molar-refractivity contribution in [2.24, 2.45) is 0 Å². The van der Waals surface area contributed by atoms with Crippen LogP contribution in [0.4, 0.5) is 0 Å². The lowest BCUT2D eigenvalue weighted by Gasteiger charge is -2.23. The third kappa shape index (κ3) is 3.59. The van der Waals surface area contributed by atoms with Gasteiger partial charge in [-0.1, -0.05) is 127 Å². The number of hydrogen-bond donors (Lipinski definition) is 1. The van der Waals surface area contributed by atoms with Gasteiger partial charge >= 0.3 is 0 Å². The molecule has 44 heavy (non-hydrogen) atoms. The molecule has 208 valence electrons. The summed E-state index contributed by atoms with van der Waals surface area (Å²) in [4.78, 5) is 0. The second kappa shape index (κ2) is 9.56. The standard InChI is InChI=1S/C43H31N/c1-26-25-38(27(2)24-37(26)39-16-7-8-23-44-39)43-33-14-5-3-12-31(33)42(32-13-4-6-15-34(32)43)36-22-20-30-18-17-28-10-9-11-29-19-21-35(36)41(30)40(28)29/h3-25,39,44H,1-2H3. The van der Waals surface area contributed by atoms with Crippen molar-refractivity contribution < 1.29 is 0 Å². The normalized spacial score (nSPS) is 14.8. The van der Waals surface area contributed by atoms with Gasteiger partial charge in [-0.2, -0.15) is 0 Å². The molecule has 8 aromatic carbocycles. The third-order valence-corrected chi connectivity index (χ3v) is 9.73. The fourth-order valence-corrected chi connectivity index (χ4v) is 7.74. The fourth-order valence-electron chi connectivity index (χ4n) is 7.74. The van der Waals surface area contributed by atoms with E-state index in [-0.39, 0.29) is 6.04 Å². The summed E-state index contributed by atoms with van der Waals surface area (Å²) in [6.45, 7) is 4.51. The van der Waals surface area contributed by atoms with Crippen LogP contribution >= 0.6 is 0 Å². The molecule has 0 aromatic heterocycles. The minimum atomic E-state index is 0.193. The smallest absolute Gasteiger partial charge is 0.0698 e. The van der Waals surface area contributed by atoms with Crippen molar-refractivity contribution in [1.29, 1.82) is 0 Å². The number of aryl methyl sites for hydroxylation is 2. The Balaban J connectivity index is 1.37. The van der Waals surface area contributed by atoms with E-state index in [4.69, 9.17) is 0 Å². The van der Waals surface area contributed by atoms with Gasteiger partial charge in [-0.05, 0) is 119 Å². The van der Waals surface area contributed by atoms with E-state index in [1.54, 1.807) is 0 Å². The van der Waals surface area contributed by atoms with E-state index in [9.17, 15) is 0 Å². The van der Waals surface area contributed by atoms with Crippen LogP contribution in [0.15, 0.2) is 140 Å². The molecule has 1 aliphatic rings. The van der Waals surface area contributed by atoms with Crippen LogP contribution in [0, 0.1) is 13.8 Å². The Hall–Kier alpha value is -5.40. The van der Waals surface area contributed by atoms with Crippen molar-refractivity contribution in [3.8, 4) is 22.3 Å². The molecule has 0 amide bonds. The van der Waals surface area contributed by atoms with Gasteiger partial charge in [-0.15, -0.1) is 0 Å². The average molecular weight is 562 g/mol. The largest absolute Gasteiger partial charge is 0.381 e. The predicted octanol–water partition coefficient (Wildman–Crippen LogP) is 11.6. The van der Waals surface area contributed by atoms with E-state index in [0.717, 1.165) is 0 Å². The Morgan fingerprint density at radius 2 is 1.07 bits per heavy atom. The van der Waals surface area contributed by atoms with Crippen molar-refractivity contribution in [2.75, 3.05) is 0 Å². The van der Waals surface area contributed by atoms with Gasteiger partial charge in [0.25, 0.3) is 0 Å². The summed E-state index contributed by atoms with van der Waals surface area (Å²) in [6.07, 6.45) is 8.44.